The molecule has 0 saturated carbocycles. The maximum absolute atomic E-state index is 11.3. The van der Waals surface area contributed by atoms with Crippen LogP contribution >= 0.6 is 0 Å². The van der Waals surface area contributed by atoms with Gasteiger partial charge >= 0.3 is 0 Å². The van der Waals surface area contributed by atoms with Crippen molar-refractivity contribution in [2.45, 2.75) is 0 Å². The van der Waals surface area contributed by atoms with Crippen molar-refractivity contribution in [3.05, 3.63) is 65.3 Å². The Bertz CT molecular complexity index is 1040. The monoisotopic (exact) mass is 290 g/mol. The van der Waals surface area contributed by atoms with Gasteiger partial charge in [0.15, 0.2) is 11.4 Å². The van der Waals surface area contributed by atoms with Gasteiger partial charge in [-0.05, 0) is 24.3 Å². The average molecular weight is 290 g/mol. The second kappa shape index (κ2) is 4.92. The number of pyridine rings is 2. The smallest absolute Gasteiger partial charge is 0.268 e. The number of rotatable bonds is 2. The Kier molecular flexibility index (Phi) is 2.79. The molecule has 0 aliphatic heterocycles. The molecule has 106 valence electrons. The SMILES string of the molecule is O=c1cnc2c(Oc3cccc4ncccc34)ccnc2[nH]1. The van der Waals surface area contributed by atoms with Gasteiger partial charge in [0.25, 0.3) is 5.56 Å². The largest absolute Gasteiger partial charge is 0.454 e. The molecule has 0 spiro atoms. The van der Waals surface area contributed by atoms with Crippen LogP contribution in [0.3, 0.4) is 0 Å². The van der Waals surface area contributed by atoms with Crippen LogP contribution in [0.2, 0.25) is 0 Å². The summed E-state index contributed by atoms with van der Waals surface area (Å²) in [7, 11) is 0. The molecule has 0 bridgehead atoms. The van der Waals surface area contributed by atoms with E-state index in [1.54, 1.807) is 18.5 Å². The number of nitrogens with zero attached hydrogens (tertiary/aromatic N) is 3. The summed E-state index contributed by atoms with van der Waals surface area (Å²) in [6, 6.07) is 11.2. The molecule has 0 saturated heterocycles. The zero-order valence-corrected chi connectivity index (χ0v) is 11.4. The fraction of sp³-hybridized carbons (Fsp3) is 0. The van der Waals surface area contributed by atoms with E-state index in [2.05, 4.69) is 19.9 Å². The van der Waals surface area contributed by atoms with E-state index in [0.29, 0.717) is 22.7 Å². The van der Waals surface area contributed by atoms with Crippen LogP contribution < -0.4 is 10.3 Å². The van der Waals surface area contributed by atoms with Gasteiger partial charge in [0, 0.05) is 23.8 Å². The predicted molar refractivity (Wildman–Crippen MR) is 82.0 cm³/mol. The summed E-state index contributed by atoms with van der Waals surface area (Å²) in [6.07, 6.45) is 4.51. The van der Waals surface area contributed by atoms with Crippen molar-refractivity contribution in [3.63, 3.8) is 0 Å². The molecule has 4 rings (SSSR count). The third kappa shape index (κ3) is 2.07. The van der Waals surface area contributed by atoms with Crippen LogP contribution in [0.25, 0.3) is 22.1 Å². The van der Waals surface area contributed by atoms with Crippen molar-refractivity contribution in [2.75, 3.05) is 0 Å². The summed E-state index contributed by atoms with van der Waals surface area (Å²) in [5.41, 5.74) is 1.44. The second-order valence-electron chi connectivity index (χ2n) is 4.68. The normalized spacial score (nSPS) is 10.9. The Morgan fingerprint density at radius 3 is 2.82 bits per heavy atom. The first-order valence-corrected chi connectivity index (χ1v) is 6.67. The van der Waals surface area contributed by atoms with E-state index >= 15 is 0 Å². The number of ether oxygens (including phenoxy) is 1. The molecule has 0 amide bonds. The minimum absolute atomic E-state index is 0.300. The summed E-state index contributed by atoms with van der Waals surface area (Å²) in [4.78, 5) is 26.5. The number of hydrogen-bond donors (Lipinski definition) is 1. The molecule has 0 atom stereocenters. The van der Waals surface area contributed by atoms with E-state index in [-0.39, 0.29) is 5.56 Å². The topological polar surface area (TPSA) is 80.8 Å². The van der Waals surface area contributed by atoms with Gasteiger partial charge in [-0.1, -0.05) is 6.07 Å². The zero-order valence-electron chi connectivity index (χ0n) is 11.4. The van der Waals surface area contributed by atoms with Crippen LogP contribution in [-0.2, 0) is 0 Å². The number of aromatic amines is 1. The van der Waals surface area contributed by atoms with E-state index in [4.69, 9.17) is 4.74 Å². The summed E-state index contributed by atoms with van der Waals surface area (Å²) in [5.74, 6) is 1.20. The van der Waals surface area contributed by atoms with Gasteiger partial charge in [-0.3, -0.25) is 9.78 Å². The molecule has 6 nitrogen and oxygen atoms in total. The molecular formula is C16H10N4O2. The van der Waals surface area contributed by atoms with Crippen molar-refractivity contribution < 1.29 is 4.74 Å². The molecule has 0 fully saturated rings. The van der Waals surface area contributed by atoms with Gasteiger partial charge in [-0.15, -0.1) is 0 Å². The van der Waals surface area contributed by atoms with Gasteiger partial charge in [-0.25, -0.2) is 9.97 Å². The lowest BCUT2D eigenvalue weighted by Crippen LogP contribution is -2.06. The number of H-pyrrole nitrogens is 1. The van der Waals surface area contributed by atoms with Crippen molar-refractivity contribution in [2.24, 2.45) is 0 Å². The standard InChI is InChI=1S/C16H10N4O2/c21-14-9-19-15-13(6-8-18-16(15)20-14)22-12-5-1-4-11-10(12)3-2-7-17-11/h1-9H,(H,18,20,21). The third-order valence-electron chi connectivity index (χ3n) is 3.27. The first-order chi connectivity index (χ1) is 10.8. The molecule has 0 radical (unpaired) electrons. The van der Waals surface area contributed by atoms with E-state index in [1.165, 1.54) is 6.20 Å². The van der Waals surface area contributed by atoms with Crippen LogP contribution in [0.4, 0.5) is 0 Å². The molecule has 1 aromatic carbocycles. The highest BCUT2D eigenvalue weighted by Gasteiger charge is 2.09. The lowest BCUT2D eigenvalue weighted by atomic mass is 10.2. The summed E-state index contributed by atoms with van der Waals surface area (Å²) >= 11 is 0. The number of benzene rings is 1. The summed E-state index contributed by atoms with van der Waals surface area (Å²) < 4.78 is 5.98. The Labute approximate surface area is 124 Å². The second-order valence-corrected chi connectivity index (χ2v) is 4.68. The van der Waals surface area contributed by atoms with Crippen LogP contribution in [0.1, 0.15) is 0 Å². The highest BCUT2D eigenvalue weighted by molar-refractivity contribution is 5.86. The van der Waals surface area contributed by atoms with Gasteiger partial charge in [0.2, 0.25) is 0 Å². The van der Waals surface area contributed by atoms with Crippen molar-refractivity contribution in [1.29, 1.82) is 0 Å². The molecule has 6 heteroatoms. The Hall–Kier alpha value is -3.28. The Morgan fingerprint density at radius 1 is 0.909 bits per heavy atom. The fourth-order valence-electron chi connectivity index (χ4n) is 2.29. The van der Waals surface area contributed by atoms with Crippen molar-refractivity contribution in [1.82, 2.24) is 19.9 Å². The first kappa shape index (κ1) is 12.5. The molecule has 22 heavy (non-hydrogen) atoms. The molecule has 0 aliphatic carbocycles. The van der Waals surface area contributed by atoms with E-state index in [9.17, 15) is 4.79 Å². The van der Waals surface area contributed by atoms with Crippen LogP contribution in [-0.4, -0.2) is 19.9 Å². The summed E-state index contributed by atoms with van der Waals surface area (Å²) in [6.45, 7) is 0. The maximum Gasteiger partial charge on any atom is 0.268 e. The minimum Gasteiger partial charge on any atom is -0.454 e. The van der Waals surface area contributed by atoms with Gasteiger partial charge in [0.1, 0.15) is 11.3 Å². The van der Waals surface area contributed by atoms with Crippen molar-refractivity contribution in [3.8, 4) is 11.5 Å². The number of hydrogen-bond acceptors (Lipinski definition) is 5. The average Bonchev–Trinajstić information content (AvgIpc) is 2.55. The van der Waals surface area contributed by atoms with Crippen LogP contribution in [0.5, 0.6) is 11.5 Å². The Morgan fingerprint density at radius 2 is 1.86 bits per heavy atom. The Balaban J connectivity index is 1.88. The van der Waals surface area contributed by atoms with Crippen molar-refractivity contribution >= 4 is 22.1 Å². The fourth-order valence-corrected chi connectivity index (χ4v) is 2.29. The minimum atomic E-state index is -0.300. The summed E-state index contributed by atoms with van der Waals surface area (Å²) in [5, 5.41) is 0.902. The van der Waals surface area contributed by atoms with E-state index < -0.39 is 0 Å². The van der Waals surface area contributed by atoms with Gasteiger partial charge in [0.05, 0.1) is 11.7 Å². The number of aromatic nitrogens is 4. The van der Waals surface area contributed by atoms with E-state index in [1.807, 2.05) is 30.3 Å². The lowest BCUT2D eigenvalue weighted by molar-refractivity contribution is 0.492. The molecule has 0 unspecified atom stereocenters. The first-order valence-electron chi connectivity index (χ1n) is 6.67. The van der Waals surface area contributed by atoms with Crippen LogP contribution in [0, 0.1) is 0 Å². The molecule has 0 aliphatic rings. The quantitative estimate of drug-likeness (QED) is 0.614. The molecular weight excluding hydrogens is 280 g/mol. The highest BCUT2D eigenvalue weighted by Crippen LogP contribution is 2.31. The van der Waals surface area contributed by atoms with Gasteiger partial charge < -0.3 is 9.72 Å². The highest BCUT2D eigenvalue weighted by atomic mass is 16.5. The molecule has 4 aromatic rings. The molecule has 1 N–H and O–H groups in total. The zero-order chi connectivity index (χ0) is 14.9. The van der Waals surface area contributed by atoms with E-state index in [0.717, 1.165) is 10.9 Å². The number of nitrogens with one attached hydrogen (secondary N) is 1. The molecule has 3 heterocycles. The number of fused-ring (bicyclic) bond motifs is 2. The lowest BCUT2D eigenvalue weighted by Gasteiger charge is -2.09. The maximum atomic E-state index is 11.3. The third-order valence-corrected chi connectivity index (χ3v) is 3.27. The molecule has 3 aromatic heterocycles. The van der Waals surface area contributed by atoms with Gasteiger partial charge in [-0.2, -0.15) is 0 Å². The predicted octanol–water partition coefficient (Wildman–Crippen LogP) is 2.66. The van der Waals surface area contributed by atoms with Crippen LogP contribution in [0.15, 0.2) is 59.8 Å².